The number of nitriles is 1. The fraction of sp³-hybridized carbons (Fsp3) is 0.296. The minimum absolute atomic E-state index is 0.135. The van der Waals surface area contributed by atoms with Gasteiger partial charge in [-0.1, -0.05) is 56.3 Å². The van der Waals surface area contributed by atoms with Gasteiger partial charge in [0, 0.05) is 17.9 Å². The Hall–Kier alpha value is -3.74. The molecule has 0 spiro atoms. The summed E-state index contributed by atoms with van der Waals surface area (Å²) in [4.78, 5) is 12.9. The number of ether oxygens (including phenoxy) is 1. The second-order valence-corrected chi connectivity index (χ2v) is 10.9. The molecule has 1 aromatic heterocycles. The number of amides is 1. The normalized spacial score (nSPS) is 13.1. The third-order valence-electron chi connectivity index (χ3n) is 5.55. The molecule has 1 heterocycles. The number of rotatable bonds is 10. The van der Waals surface area contributed by atoms with Crippen molar-refractivity contribution in [2.24, 2.45) is 5.92 Å². The van der Waals surface area contributed by atoms with Crippen LogP contribution < -0.4 is 10.0 Å². The largest absolute Gasteiger partial charge is 0.618 e. The predicted molar refractivity (Wildman–Crippen MR) is 135 cm³/mol. The molecule has 0 radical (unpaired) electrons. The smallest absolute Gasteiger partial charge is 0.250 e. The Balaban J connectivity index is 1.98. The second-order valence-electron chi connectivity index (χ2n) is 8.89. The summed E-state index contributed by atoms with van der Waals surface area (Å²) in [5, 5.41) is 24.6. The lowest BCUT2D eigenvalue weighted by Gasteiger charge is -2.25. The second kappa shape index (κ2) is 11.8. The number of benzene rings is 2. The van der Waals surface area contributed by atoms with Crippen molar-refractivity contribution in [3.05, 3.63) is 89.4 Å². The lowest BCUT2D eigenvalue weighted by atomic mass is 10.0. The van der Waals surface area contributed by atoms with Crippen molar-refractivity contribution >= 4 is 15.7 Å². The zero-order chi connectivity index (χ0) is 26.3. The van der Waals surface area contributed by atoms with Crippen LogP contribution in [0.3, 0.4) is 0 Å². The molecule has 1 unspecified atom stereocenters. The van der Waals surface area contributed by atoms with Crippen molar-refractivity contribution in [1.29, 1.82) is 5.26 Å². The Morgan fingerprint density at radius 2 is 1.69 bits per heavy atom. The number of hydrogen-bond acceptors (Lipinski definition) is 6. The first-order valence-corrected chi connectivity index (χ1v) is 13.4. The highest BCUT2D eigenvalue weighted by molar-refractivity contribution is 7.90. The molecular weight excluding hydrogens is 478 g/mol. The van der Waals surface area contributed by atoms with Gasteiger partial charge >= 0.3 is 0 Å². The first-order chi connectivity index (χ1) is 17.1. The third kappa shape index (κ3) is 6.90. The number of aromatic nitrogens is 1. The molecule has 0 fully saturated rings. The van der Waals surface area contributed by atoms with Crippen molar-refractivity contribution in [3.8, 4) is 17.2 Å². The highest BCUT2D eigenvalue weighted by Gasteiger charge is 2.30. The fourth-order valence-corrected chi connectivity index (χ4v) is 4.40. The Kier molecular flexibility index (Phi) is 8.80. The van der Waals surface area contributed by atoms with Crippen LogP contribution in [0.15, 0.2) is 77.8 Å². The minimum Gasteiger partial charge on any atom is -0.618 e. The van der Waals surface area contributed by atoms with Crippen LogP contribution in [-0.2, 0) is 19.4 Å². The van der Waals surface area contributed by atoms with Gasteiger partial charge in [0.15, 0.2) is 22.1 Å². The average molecular weight is 508 g/mol. The summed E-state index contributed by atoms with van der Waals surface area (Å²) in [5.74, 6) is -0.276. The molecule has 0 aliphatic rings. The van der Waals surface area contributed by atoms with Crippen LogP contribution in [-0.4, -0.2) is 33.2 Å². The average Bonchev–Trinajstić information content (AvgIpc) is 2.85. The van der Waals surface area contributed by atoms with Gasteiger partial charge in [-0.15, -0.1) is 0 Å². The number of hydrogen-bond donors (Lipinski definition) is 1. The van der Waals surface area contributed by atoms with E-state index in [2.05, 4.69) is 5.32 Å². The Bertz CT molecular complexity index is 1330. The van der Waals surface area contributed by atoms with E-state index in [0.717, 1.165) is 6.26 Å². The zero-order valence-electron chi connectivity index (χ0n) is 20.4. The summed E-state index contributed by atoms with van der Waals surface area (Å²) in [6.45, 7) is 3.79. The van der Waals surface area contributed by atoms with Gasteiger partial charge in [-0.2, -0.15) is 9.99 Å². The number of carbonyl (C=O) groups excluding carboxylic acids is 1. The summed E-state index contributed by atoms with van der Waals surface area (Å²) >= 11 is 0. The van der Waals surface area contributed by atoms with Gasteiger partial charge in [-0.05, 0) is 41.7 Å². The fourth-order valence-electron chi connectivity index (χ4n) is 3.76. The molecule has 0 aliphatic carbocycles. The van der Waals surface area contributed by atoms with Gasteiger partial charge in [0.25, 0.3) is 0 Å². The number of pyridine rings is 1. The van der Waals surface area contributed by atoms with E-state index < -0.39 is 28.0 Å². The van der Waals surface area contributed by atoms with Crippen LogP contribution >= 0.6 is 0 Å². The minimum atomic E-state index is -3.33. The van der Waals surface area contributed by atoms with Gasteiger partial charge in [-0.25, -0.2) is 8.42 Å². The van der Waals surface area contributed by atoms with Crippen LogP contribution in [0, 0.1) is 22.5 Å². The molecule has 2 atom stereocenters. The zero-order valence-corrected chi connectivity index (χ0v) is 21.2. The summed E-state index contributed by atoms with van der Waals surface area (Å²) in [5.41, 5.74) is 2.28. The number of nitrogens with zero attached hydrogens (tertiary/aromatic N) is 2. The molecule has 9 heteroatoms. The maximum absolute atomic E-state index is 13.2. The van der Waals surface area contributed by atoms with Crippen molar-refractivity contribution in [2.75, 3.05) is 12.8 Å². The van der Waals surface area contributed by atoms with Crippen molar-refractivity contribution in [2.45, 2.75) is 37.4 Å². The van der Waals surface area contributed by atoms with Crippen LogP contribution in [0.2, 0.25) is 0 Å². The molecule has 8 nitrogen and oxygen atoms in total. The molecule has 1 amide bonds. The first kappa shape index (κ1) is 26.9. The van der Waals surface area contributed by atoms with Crippen LogP contribution in [0.4, 0.5) is 0 Å². The van der Waals surface area contributed by atoms with E-state index in [1.165, 1.54) is 18.3 Å². The summed E-state index contributed by atoms with van der Waals surface area (Å²) in [6, 6.07) is 20.7. The van der Waals surface area contributed by atoms with Crippen molar-refractivity contribution in [1.82, 2.24) is 5.32 Å². The highest BCUT2D eigenvalue weighted by atomic mass is 32.2. The maximum Gasteiger partial charge on any atom is 0.250 e. The number of nitrogens with one attached hydrogen (secondary N) is 1. The van der Waals surface area contributed by atoms with Gasteiger partial charge in [0.2, 0.25) is 11.6 Å². The quantitative estimate of drug-likeness (QED) is 0.254. The highest BCUT2D eigenvalue weighted by Crippen LogP contribution is 2.29. The van der Waals surface area contributed by atoms with E-state index in [0.29, 0.717) is 33.5 Å². The van der Waals surface area contributed by atoms with Gasteiger partial charge < -0.3 is 15.3 Å². The molecule has 188 valence electrons. The summed E-state index contributed by atoms with van der Waals surface area (Å²) < 4.78 is 30.4. The van der Waals surface area contributed by atoms with E-state index in [1.807, 2.05) is 50.2 Å². The number of sulfone groups is 1. The third-order valence-corrected chi connectivity index (χ3v) is 6.68. The van der Waals surface area contributed by atoms with Crippen LogP contribution in [0.5, 0.6) is 0 Å². The van der Waals surface area contributed by atoms with Gasteiger partial charge in [-0.3, -0.25) is 4.79 Å². The summed E-state index contributed by atoms with van der Waals surface area (Å²) in [7, 11) is -3.33. The SMILES string of the molecule is CC(C)C[C@H](OC(c1ccccc1)c1ccc(-c2ccc(S(C)(=O)=O)cc2)c[n+]1[O-])C(=O)NCC#N. The van der Waals surface area contributed by atoms with E-state index in [4.69, 9.17) is 10.00 Å². The Morgan fingerprint density at radius 3 is 2.25 bits per heavy atom. The van der Waals surface area contributed by atoms with Crippen LogP contribution in [0.25, 0.3) is 11.1 Å². The molecule has 3 aromatic rings. The Morgan fingerprint density at radius 1 is 1.06 bits per heavy atom. The number of carbonyl (C=O) groups is 1. The first-order valence-electron chi connectivity index (χ1n) is 11.5. The van der Waals surface area contributed by atoms with E-state index in [9.17, 15) is 18.4 Å². The van der Waals surface area contributed by atoms with E-state index in [-0.39, 0.29) is 17.4 Å². The standard InChI is InChI=1S/C27H29N3O5S/c1-19(2)17-25(27(31)29-16-15-28)35-26(21-7-5-4-6-8-21)24-14-11-22(18-30(24)32)20-9-12-23(13-10-20)36(3,33)34/h4-14,18-19,25-26H,16-17H2,1-3H3,(H,29,31)/t25-,26?/m0/s1. The monoisotopic (exact) mass is 507 g/mol. The van der Waals surface area contributed by atoms with E-state index >= 15 is 0 Å². The van der Waals surface area contributed by atoms with Crippen molar-refractivity contribution in [3.63, 3.8) is 0 Å². The van der Waals surface area contributed by atoms with E-state index in [1.54, 1.807) is 24.3 Å². The van der Waals surface area contributed by atoms with Gasteiger partial charge in [0.05, 0.1) is 11.0 Å². The topological polar surface area (TPSA) is 123 Å². The molecule has 0 saturated heterocycles. The molecule has 1 N–H and O–H groups in total. The lowest BCUT2D eigenvalue weighted by molar-refractivity contribution is -0.617. The molecule has 2 aromatic carbocycles. The molecule has 3 rings (SSSR count). The molecular formula is C27H29N3O5S. The Labute approximate surface area is 211 Å². The molecule has 36 heavy (non-hydrogen) atoms. The van der Waals surface area contributed by atoms with Crippen LogP contribution in [0.1, 0.15) is 37.6 Å². The molecule has 0 bridgehead atoms. The molecule has 0 aliphatic heterocycles. The van der Waals surface area contributed by atoms with Crippen molar-refractivity contribution < 1.29 is 22.7 Å². The lowest BCUT2D eigenvalue weighted by Crippen LogP contribution is -2.41. The molecule has 0 saturated carbocycles. The summed E-state index contributed by atoms with van der Waals surface area (Å²) in [6.07, 6.45) is 1.24. The predicted octanol–water partition coefficient (Wildman–Crippen LogP) is 3.55. The van der Waals surface area contributed by atoms with Gasteiger partial charge in [0.1, 0.15) is 12.6 Å². The maximum atomic E-state index is 13.2.